The number of amides is 1. The molecular weight excluding hydrogens is 424 g/mol. The highest BCUT2D eigenvalue weighted by molar-refractivity contribution is 6.08. The van der Waals surface area contributed by atoms with E-state index in [9.17, 15) is 4.79 Å². The quantitative estimate of drug-likeness (QED) is 0.570. The van der Waals surface area contributed by atoms with Crippen LogP contribution in [-0.2, 0) is 16.8 Å². The average molecular weight is 457 g/mol. The zero-order chi connectivity index (χ0) is 22.7. The maximum atomic E-state index is 12.9. The maximum Gasteiger partial charge on any atom is 0.235 e. The molecule has 3 fully saturated rings. The standard InChI is InChI=1S/C28H32N4O2/c33-27-28(21-3-1-2-4-24(21)30-27)15-22(28)18-7-8-20-23(31-32-25(20)14-18)9-5-17-6-10-26-19(13-17)16-29-11-12-34-26/h1-6,9-10,13,18,20,22-23,25,29,31-32H,7-8,11-12,14-16H2,(H,30,33)/b9-5+/t18?,20?,22-,23?,25?,28-/m0/s1. The topological polar surface area (TPSA) is 74.4 Å². The first kappa shape index (κ1) is 20.7. The largest absolute Gasteiger partial charge is 0.492 e. The summed E-state index contributed by atoms with van der Waals surface area (Å²) in [6.45, 7) is 2.47. The first-order valence-electron chi connectivity index (χ1n) is 12.8. The Morgan fingerprint density at radius 3 is 3.00 bits per heavy atom. The molecule has 4 N–H and O–H groups in total. The number of carbonyl (C=O) groups excluding carboxylic acids is 1. The van der Waals surface area contributed by atoms with E-state index in [0.29, 0.717) is 29.8 Å². The van der Waals surface area contributed by atoms with E-state index in [4.69, 9.17) is 4.74 Å². The van der Waals surface area contributed by atoms with E-state index in [2.05, 4.69) is 64.0 Å². The summed E-state index contributed by atoms with van der Waals surface area (Å²) in [6.07, 6.45) is 9.12. The van der Waals surface area contributed by atoms with Crippen molar-refractivity contribution in [2.45, 2.75) is 49.7 Å². The summed E-state index contributed by atoms with van der Waals surface area (Å²) in [6, 6.07) is 15.6. The molecule has 0 aromatic heterocycles. The Bertz CT molecular complexity index is 1160. The Hall–Kier alpha value is -2.67. The Balaban J connectivity index is 1.02. The predicted octanol–water partition coefficient (Wildman–Crippen LogP) is 3.35. The Labute approximate surface area is 200 Å². The molecule has 2 aliphatic carbocycles. The maximum absolute atomic E-state index is 12.9. The van der Waals surface area contributed by atoms with Crippen LogP contribution in [0.3, 0.4) is 0 Å². The second kappa shape index (κ2) is 7.94. The second-order valence-electron chi connectivity index (χ2n) is 10.7. The van der Waals surface area contributed by atoms with Crippen LogP contribution in [0.15, 0.2) is 48.5 Å². The third-order valence-corrected chi connectivity index (χ3v) is 8.92. The van der Waals surface area contributed by atoms with Crippen molar-refractivity contribution in [3.05, 3.63) is 65.2 Å². The number of hydrogen-bond donors (Lipinski definition) is 4. The fourth-order valence-electron chi connectivity index (χ4n) is 7.11. The predicted molar refractivity (Wildman–Crippen MR) is 132 cm³/mol. The zero-order valence-corrected chi connectivity index (χ0v) is 19.3. The number of anilines is 1. The molecule has 0 bridgehead atoms. The van der Waals surface area contributed by atoms with Crippen molar-refractivity contribution in [1.82, 2.24) is 16.2 Å². The van der Waals surface area contributed by atoms with Crippen LogP contribution in [0.4, 0.5) is 5.69 Å². The number of rotatable bonds is 3. The van der Waals surface area contributed by atoms with E-state index in [0.717, 1.165) is 44.0 Å². The van der Waals surface area contributed by atoms with Gasteiger partial charge in [0.25, 0.3) is 0 Å². The van der Waals surface area contributed by atoms with E-state index in [1.165, 1.54) is 29.5 Å². The molecule has 6 atom stereocenters. The number of carbonyl (C=O) groups is 1. The minimum absolute atomic E-state index is 0.223. The smallest absolute Gasteiger partial charge is 0.235 e. The van der Waals surface area contributed by atoms with Gasteiger partial charge in [0.1, 0.15) is 12.4 Å². The number of fused-ring (bicyclic) bond motifs is 4. The summed E-state index contributed by atoms with van der Waals surface area (Å²) >= 11 is 0. The minimum Gasteiger partial charge on any atom is -0.492 e. The van der Waals surface area contributed by atoms with Crippen molar-refractivity contribution in [3.63, 3.8) is 0 Å². The van der Waals surface area contributed by atoms with Gasteiger partial charge in [-0.3, -0.25) is 15.6 Å². The van der Waals surface area contributed by atoms with Crippen molar-refractivity contribution in [2.75, 3.05) is 18.5 Å². The van der Waals surface area contributed by atoms with Gasteiger partial charge in [0.15, 0.2) is 0 Å². The first-order chi connectivity index (χ1) is 16.7. The molecule has 2 aromatic carbocycles. The van der Waals surface area contributed by atoms with Gasteiger partial charge in [-0.05, 0) is 72.8 Å². The van der Waals surface area contributed by atoms with Gasteiger partial charge in [-0.2, -0.15) is 0 Å². The molecule has 3 aliphatic heterocycles. The second-order valence-corrected chi connectivity index (χ2v) is 10.7. The molecule has 4 unspecified atom stereocenters. The average Bonchev–Trinajstić information content (AvgIpc) is 3.48. The Morgan fingerprint density at radius 2 is 2.03 bits per heavy atom. The summed E-state index contributed by atoms with van der Waals surface area (Å²) in [5, 5.41) is 6.55. The van der Waals surface area contributed by atoms with Gasteiger partial charge in [0.2, 0.25) is 5.91 Å². The summed E-state index contributed by atoms with van der Waals surface area (Å²) in [5.41, 5.74) is 11.6. The van der Waals surface area contributed by atoms with Crippen molar-refractivity contribution >= 4 is 17.7 Å². The fourth-order valence-corrected chi connectivity index (χ4v) is 7.11. The molecule has 1 saturated heterocycles. The molecule has 2 saturated carbocycles. The highest BCUT2D eigenvalue weighted by atomic mass is 16.5. The molecule has 34 heavy (non-hydrogen) atoms. The van der Waals surface area contributed by atoms with Crippen LogP contribution in [0, 0.1) is 17.8 Å². The van der Waals surface area contributed by atoms with Crippen molar-refractivity contribution in [1.29, 1.82) is 0 Å². The molecule has 1 spiro atoms. The molecular formula is C28H32N4O2. The van der Waals surface area contributed by atoms with Gasteiger partial charge >= 0.3 is 0 Å². The van der Waals surface area contributed by atoms with E-state index in [1.54, 1.807) is 0 Å². The number of hydrazine groups is 1. The van der Waals surface area contributed by atoms with Crippen molar-refractivity contribution in [2.24, 2.45) is 17.8 Å². The Kier molecular flexibility index (Phi) is 4.83. The number of hydrogen-bond acceptors (Lipinski definition) is 5. The molecule has 2 aromatic rings. The summed E-state index contributed by atoms with van der Waals surface area (Å²) in [5.74, 6) is 2.90. The van der Waals surface area contributed by atoms with Crippen LogP contribution in [0.5, 0.6) is 5.75 Å². The number of para-hydroxylation sites is 1. The van der Waals surface area contributed by atoms with Crippen LogP contribution >= 0.6 is 0 Å². The number of nitrogens with one attached hydrogen (secondary N) is 4. The van der Waals surface area contributed by atoms with Crippen LogP contribution in [0.1, 0.15) is 42.4 Å². The third-order valence-electron chi connectivity index (χ3n) is 8.92. The van der Waals surface area contributed by atoms with Crippen LogP contribution in [0.2, 0.25) is 0 Å². The SMILES string of the molecule is O=C1Nc2ccccc2[C@]12C[C@H]2C1CCC2C(/C=C/c3ccc4c(c3)CNCCO4)NNC2C1. The molecule has 0 radical (unpaired) electrons. The zero-order valence-electron chi connectivity index (χ0n) is 19.3. The van der Waals surface area contributed by atoms with Gasteiger partial charge in [-0.25, -0.2) is 0 Å². The van der Waals surface area contributed by atoms with E-state index in [-0.39, 0.29) is 11.3 Å². The lowest BCUT2D eigenvalue weighted by Gasteiger charge is -2.33. The normalized spacial score (nSPS) is 35.9. The molecule has 6 heteroatoms. The van der Waals surface area contributed by atoms with E-state index < -0.39 is 0 Å². The van der Waals surface area contributed by atoms with Gasteiger partial charge in [-0.1, -0.05) is 36.4 Å². The lowest BCUT2D eigenvalue weighted by Crippen LogP contribution is -2.37. The third kappa shape index (κ3) is 3.23. The van der Waals surface area contributed by atoms with Gasteiger partial charge < -0.3 is 15.4 Å². The van der Waals surface area contributed by atoms with E-state index in [1.807, 2.05) is 12.1 Å². The van der Waals surface area contributed by atoms with Crippen molar-refractivity contribution in [3.8, 4) is 5.75 Å². The molecule has 7 rings (SSSR count). The van der Waals surface area contributed by atoms with Gasteiger partial charge in [-0.15, -0.1) is 0 Å². The monoisotopic (exact) mass is 456 g/mol. The summed E-state index contributed by atoms with van der Waals surface area (Å²) in [7, 11) is 0. The molecule has 3 heterocycles. The molecule has 6 nitrogen and oxygen atoms in total. The van der Waals surface area contributed by atoms with Crippen LogP contribution in [-0.4, -0.2) is 31.1 Å². The fraction of sp³-hybridized carbons (Fsp3) is 0.464. The van der Waals surface area contributed by atoms with Gasteiger partial charge in [0, 0.05) is 36.4 Å². The molecule has 5 aliphatic rings. The van der Waals surface area contributed by atoms with E-state index >= 15 is 0 Å². The summed E-state index contributed by atoms with van der Waals surface area (Å²) < 4.78 is 5.81. The van der Waals surface area contributed by atoms with Crippen LogP contribution in [0.25, 0.3) is 6.08 Å². The lowest BCUT2D eigenvalue weighted by molar-refractivity contribution is -0.118. The molecule has 1 amide bonds. The van der Waals surface area contributed by atoms with Crippen molar-refractivity contribution < 1.29 is 9.53 Å². The highest BCUT2D eigenvalue weighted by Gasteiger charge is 2.67. The number of ether oxygens (including phenoxy) is 1. The summed E-state index contributed by atoms with van der Waals surface area (Å²) in [4.78, 5) is 12.9. The number of benzene rings is 2. The Morgan fingerprint density at radius 1 is 1.09 bits per heavy atom. The lowest BCUT2D eigenvalue weighted by atomic mass is 9.73. The minimum atomic E-state index is -0.261. The van der Waals surface area contributed by atoms with Gasteiger partial charge in [0.05, 0.1) is 5.41 Å². The van der Waals surface area contributed by atoms with Crippen LogP contribution < -0.4 is 26.2 Å². The highest BCUT2D eigenvalue weighted by Crippen LogP contribution is 2.64. The first-order valence-corrected chi connectivity index (χ1v) is 12.8. The molecule has 176 valence electrons.